The Balaban J connectivity index is 1.26. The summed E-state index contributed by atoms with van der Waals surface area (Å²) in [7, 11) is 0. The number of amides is 2. The van der Waals surface area contributed by atoms with Crippen LogP contribution in [-0.2, 0) is 16.0 Å². The van der Waals surface area contributed by atoms with Gasteiger partial charge >= 0.3 is 12.1 Å². The van der Waals surface area contributed by atoms with Gasteiger partial charge in [-0.25, -0.2) is 18.4 Å². The fraction of sp³-hybridized carbons (Fsp3) is 0.206. The van der Waals surface area contributed by atoms with Crippen LogP contribution < -0.4 is 10.6 Å². The predicted octanol–water partition coefficient (Wildman–Crippen LogP) is 7.02. The van der Waals surface area contributed by atoms with Crippen LogP contribution in [0, 0.1) is 18.6 Å². The summed E-state index contributed by atoms with van der Waals surface area (Å²) in [6.45, 7) is 7.14. The lowest BCUT2D eigenvalue weighted by atomic mass is 10.0. The van der Waals surface area contributed by atoms with Gasteiger partial charge in [-0.15, -0.1) is 0 Å². The molecule has 2 aromatic heterocycles. The van der Waals surface area contributed by atoms with Gasteiger partial charge in [0.15, 0.2) is 5.76 Å². The van der Waals surface area contributed by atoms with Crippen molar-refractivity contribution in [1.29, 1.82) is 0 Å². The summed E-state index contributed by atoms with van der Waals surface area (Å²) >= 11 is 0. The zero-order valence-electron chi connectivity index (χ0n) is 25.8. The lowest BCUT2D eigenvalue weighted by Gasteiger charge is -2.19. The van der Waals surface area contributed by atoms with Crippen LogP contribution >= 0.6 is 0 Å². The first-order valence-electron chi connectivity index (χ1n) is 14.4. The topological polar surface area (TPSA) is 157 Å². The van der Waals surface area contributed by atoms with E-state index in [4.69, 9.17) is 13.7 Å². The number of aliphatic carboxylic acids is 1. The van der Waals surface area contributed by atoms with E-state index < -0.39 is 53.2 Å². The molecule has 1 unspecified atom stereocenters. The van der Waals surface area contributed by atoms with Crippen LogP contribution in [-0.4, -0.2) is 44.9 Å². The Kier molecular flexibility index (Phi) is 9.17. The van der Waals surface area contributed by atoms with Crippen molar-refractivity contribution >= 4 is 23.7 Å². The summed E-state index contributed by atoms with van der Waals surface area (Å²) in [6, 6.07) is 17.0. The van der Waals surface area contributed by atoms with Crippen LogP contribution in [0.15, 0.2) is 81.7 Å². The minimum Gasteiger partial charge on any atom is -0.480 e. The number of aromatic nitrogens is 2. The second-order valence-corrected chi connectivity index (χ2v) is 11.7. The van der Waals surface area contributed by atoms with E-state index in [1.807, 2.05) is 31.2 Å². The molecule has 0 fully saturated rings. The maximum atomic E-state index is 15.2. The number of benzene rings is 3. The van der Waals surface area contributed by atoms with E-state index in [2.05, 4.69) is 20.8 Å². The first-order valence-corrected chi connectivity index (χ1v) is 14.4. The molecule has 0 aliphatic rings. The van der Waals surface area contributed by atoms with Crippen molar-refractivity contribution < 1.29 is 41.9 Å². The average molecular weight is 645 g/mol. The van der Waals surface area contributed by atoms with E-state index >= 15 is 8.78 Å². The molecule has 5 rings (SSSR count). The van der Waals surface area contributed by atoms with E-state index in [1.54, 1.807) is 51.1 Å². The monoisotopic (exact) mass is 644 g/mol. The molecule has 0 bridgehead atoms. The molecule has 11 nitrogen and oxygen atoms in total. The van der Waals surface area contributed by atoms with Gasteiger partial charge in [0.2, 0.25) is 5.82 Å². The summed E-state index contributed by atoms with van der Waals surface area (Å²) in [5.41, 5.74) is 1.34. The van der Waals surface area contributed by atoms with Crippen molar-refractivity contribution in [2.45, 2.75) is 45.8 Å². The number of carboxylic acid groups (broad SMARTS) is 1. The Morgan fingerprint density at radius 3 is 2.19 bits per heavy atom. The lowest BCUT2D eigenvalue weighted by Crippen LogP contribution is -2.42. The molecule has 1 atom stereocenters. The molecular formula is C34H30F2N4O7. The molecule has 3 N–H and O–H groups in total. The SMILES string of the molecule is Cc1ccc(-c2ccc(C(=O)NC(Cc3cc(F)c(-c4noc(-c5ccc(NC(=O)OC(C)(C)C)cc5)n4)c(F)c3)C(=O)O)o2)cc1. The van der Waals surface area contributed by atoms with E-state index in [0.717, 1.165) is 23.3 Å². The Hall–Kier alpha value is -5.85. The third-order valence-electron chi connectivity index (χ3n) is 6.74. The summed E-state index contributed by atoms with van der Waals surface area (Å²) in [4.78, 5) is 40.8. The van der Waals surface area contributed by atoms with Crippen LogP contribution in [0.5, 0.6) is 0 Å². The van der Waals surface area contributed by atoms with Crippen molar-refractivity contribution in [2.75, 3.05) is 5.32 Å². The Bertz CT molecular complexity index is 1900. The highest BCUT2D eigenvalue weighted by molar-refractivity contribution is 5.95. The minimum absolute atomic E-state index is 0.0342. The van der Waals surface area contributed by atoms with Crippen LogP contribution in [0.4, 0.5) is 19.3 Å². The summed E-state index contributed by atoms with van der Waals surface area (Å²) in [6.07, 6.45) is -1.07. The number of hydrogen-bond acceptors (Lipinski definition) is 8. The number of furan rings is 1. The zero-order chi connectivity index (χ0) is 33.9. The van der Waals surface area contributed by atoms with Gasteiger partial charge < -0.3 is 24.1 Å². The van der Waals surface area contributed by atoms with E-state index in [1.165, 1.54) is 6.07 Å². The van der Waals surface area contributed by atoms with Gasteiger partial charge in [0.05, 0.1) is 5.56 Å². The number of carboxylic acids is 1. The molecule has 0 saturated heterocycles. The highest BCUT2D eigenvalue weighted by Gasteiger charge is 2.26. The maximum absolute atomic E-state index is 15.2. The van der Waals surface area contributed by atoms with Gasteiger partial charge in [-0.3, -0.25) is 10.1 Å². The molecule has 13 heteroatoms. The van der Waals surface area contributed by atoms with Crippen LogP contribution in [0.3, 0.4) is 0 Å². The number of nitrogens with zero attached hydrogens (tertiary/aromatic N) is 2. The van der Waals surface area contributed by atoms with Gasteiger partial charge in [-0.1, -0.05) is 35.0 Å². The number of carbonyl (C=O) groups is 3. The normalized spacial score (nSPS) is 12.0. The quantitative estimate of drug-likeness (QED) is 0.153. The van der Waals surface area contributed by atoms with E-state index in [9.17, 15) is 19.5 Å². The highest BCUT2D eigenvalue weighted by Crippen LogP contribution is 2.29. The molecule has 242 valence electrons. The van der Waals surface area contributed by atoms with Crippen LogP contribution in [0.25, 0.3) is 34.2 Å². The third kappa shape index (κ3) is 8.06. The van der Waals surface area contributed by atoms with Crippen molar-refractivity contribution in [3.8, 4) is 34.2 Å². The molecular weight excluding hydrogens is 614 g/mol. The highest BCUT2D eigenvalue weighted by atomic mass is 19.1. The first kappa shape index (κ1) is 32.5. The maximum Gasteiger partial charge on any atom is 0.412 e. The van der Waals surface area contributed by atoms with Crippen LogP contribution in [0.1, 0.15) is 42.5 Å². The second-order valence-electron chi connectivity index (χ2n) is 11.7. The van der Waals surface area contributed by atoms with Crippen molar-refractivity contribution in [1.82, 2.24) is 15.5 Å². The molecule has 0 aliphatic carbocycles. The fourth-order valence-electron chi connectivity index (χ4n) is 4.52. The standard InChI is InChI=1S/C34H30F2N4O7/c1-18-5-7-20(8-6-18)26-13-14-27(45-26)30(41)38-25(32(42)43)17-19-15-23(35)28(24(36)16-19)29-39-31(47-40-29)21-9-11-22(12-10-21)37-33(44)46-34(2,3)4/h5-16,25H,17H2,1-4H3,(H,37,44)(H,38,41)(H,42,43). The number of aryl methyl sites for hydroxylation is 1. The second kappa shape index (κ2) is 13.3. The molecule has 0 saturated carbocycles. The lowest BCUT2D eigenvalue weighted by molar-refractivity contribution is -0.139. The number of anilines is 1. The molecule has 0 radical (unpaired) electrons. The zero-order valence-corrected chi connectivity index (χ0v) is 25.8. The summed E-state index contributed by atoms with van der Waals surface area (Å²) in [5.74, 6) is -4.46. The minimum atomic E-state index is -1.52. The Labute approximate surface area is 267 Å². The van der Waals surface area contributed by atoms with E-state index in [0.29, 0.717) is 17.0 Å². The van der Waals surface area contributed by atoms with Crippen LogP contribution in [0.2, 0.25) is 0 Å². The molecule has 3 aromatic carbocycles. The number of ether oxygens (including phenoxy) is 1. The van der Waals surface area contributed by atoms with Gasteiger partial charge in [0.1, 0.15) is 29.0 Å². The summed E-state index contributed by atoms with van der Waals surface area (Å²) in [5, 5.41) is 18.4. The molecule has 0 aliphatic heterocycles. The van der Waals surface area contributed by atoms with E-state index in [-0.39, 0.29) is 23.0 Å². The van der Waals surface area contributed by atoms with Crippen molar-refractivity contribution in [3.63, 3.8) is 0 Å². The van der Waals surface area contributed by atoms with Crippen molar-refractivity contribution in [2.24, 2.45) is 0 Å². The molecule has 2 heterocycles. The fourth-order valence-corrected chi connectivity index (χ4v) is 4.52. The smallest absolute Gasteiger partial charge is 0.412 e. The predicted molar refractivity (Wildman–Crippen MR) is 166 cm³/mol. The number of nitrogens with one attached hydrogen (secondary N) is 2. The Morgan fingerprint density at radius 2 is 1.57 bits per heavy atom. The number of rotatable bonds is 9. The third-order valence-corrected chi connectivity index (χ3v) is 6.74. The average Bonchev–Trinajstić information content (AvgIpc) is 3.67. The molecule has 0 spiro atoms. The number of halogens is 2. The summed E-state index contributed by atoms with van der Waals surface area (Å²) < 4.78 is 46.4. The number of carbonyl (C=O) groups excluding carboxylic acids is 2. The molecule has 47 heavy (non-hydrogen) atoms. The van der Waals surface area contributed by atoms with Gasteiger partial charge in [-0.2, -0.15) is 4.98 Å². The first-order chi connectivity index (χ1) is 22.3. The van der Waals surface area contributed by atoms with Gasteiger partial charge in [-0.05, 0) is 81.8 Å². The molecule has 5 aromatic rings. The van der Waals surface area contributed by atoms with Crippen molar-refractivity contribution in [3.05, 3.63) is 101 Å². The largest absolute Gasteiger partial charge is 0.480 e. The Morgan fingerprint density at radius 1 is 0.936 bits per heavy atom. The van der Waals surface area contributed by atoms with Gasteiger partial charge in [0.25, 0.3) is 11.8 Å². The van der Waals surface area contributed by atoms with Gasteiger partial charge in [0, 0.05) is 23.2 Å². The number of hydrogen-bond donors (Lipinski definition) is 3. The molecule has 2 amide bonds.